The number of nitrogens with zero attached hydrogens (tertiary/aromatic N) is 1. The summed E-state index contributed by atoms with van der Waals surface area (Å²) in [5.74, 6) is -1.42. The number of hydrogen-bond acceptors (Lipinski definition) is 6. The van der Waals surface area contributed by atoms with Crippen molar-refractivity contribution in [1.29, 1.82) is 0 Å². The topological polar surface area (TPSA) is 133 Å². The molecule has 126 valence electrons. The molecule has 2 amide bonds. The first-order valence-electron chi connectivity index (χ1n) is 7.11. The van der Waals surface area contributed by atoms with Crippen molar-refractivity contribution in [2.75, 3.05) is 25.2 Å². The summed E-state index contributed by atoms with van der Waals surface area (Å²) in [5, 5.41) is 20.0. The molecule has 0 bridgehead atoms. The number of aliphatic hydroxyl groups is 1. The third kappa shape index (κ3) is 4.85. The van der Waals surface area contributed by atoms with E-state index >= 15 is 0 Å². The summed E-state index contributed by atoms with van der Waals surface area (Å²) < 4.78 is 0. The van der Waals surface area contributed by atoms with Gasteiger partial charge in [0.15, 0.2) is 0 Å². The van der Waals surface area contributed by atoms with Crippen molar-refractivity contribution in [3.63, 3.8) is 0 Å². The molecular weight excluding hydrogens is 310 g/mol. The van der Waals surface area contributed by atoms with E-state index in [4.69, 9.17) is 15.9 Å². The molecule has 9 heteroatoms. The van der Waals surface area contributed by atoms with Gasteiger partial charge in [-0.05, 0) is 31.3 Å². The highest BCUT2D eigenvalue weighted by Gasteiger charge is 2.37. The van der Waals surface area contributed by atoms with E-state index in [0.717, 1.165) is 5.75 Å². The van der Waals surface area contributed by atoms with Crippen molar-refractivity contribution in [3.05, 3.63) is 0 Å². The van der Waals surface area contributed by atoms with Crippen molar-refractivity contribution in [2.24, 2.45) is 5.73 Å². The maximum atomic E-state index is 12.3. The van der Waals surface area contributed by atoms with Gasteiger partial charge in [-0.15, -0.1) is 0 Å². The molecule has 1 aliphatic heterocycles. The van der Waals surface area contributed by atoms with Gasteiger partial charge in [0, 0.05) is 6.54 Å². The molecule has 5 N–H and O–H groups in total. The molecule has 3 atom stereocenters. The molecule has 22 heavy (non-hydrogen) atoms. The second-order valence-corrected chi connectivity index (χ2v) is 6.15. The average Bonchev–Trinajstić information content (AvgIpc) is 2.98. The van der Waals surface area contributed by atoms with Gasteiger partial charge in [0.25, 0.3) is 0 Å². The molecule has 0 spiro atoms. The molecule has 0 aromatic carbocycles. The van der Waals surface area contributed by atoms with E-state index in [9.17, 15) is 14.4 Å². The van der Waals surface area contributed by atoms with Crippen molar-refractivity contribution < 1.29 is 24.6 Å². The van der Waals surface area contributed by atoms with E-state index in [1.807, 2.05) is 6.26 Å². The van der Waals surface area contributed by atoms with Crippen LogP contribution in [0.1, 0.15) is 19.3 Å². The maximum absolute atomic E-state index is 12.3. The summed E-state index contributed by atoms with van der Waals surface area (Å²) in [6, 6.07) is -2.74. The Morgan fingerprint density at radius 3 is 2.68 bits per heavy atom. The van der Waals surface area contributed by atoms with Crippen LogP contribution in [0, 0.1) is 0 Å². The number of rotatable bonds is 8. The van der Waals surface area contributed by atoms with Gasteiger partial charge in [-0.1, -0.05) is 0 Å². The molecule has 1 heterocycles. The van der Waals surface area contributed by atoms with Crippen molar-refractivity contribution in [3.8, 4) is 0 Å². The highest BCUT2D eigenvalue weighted by atomic mass is 32.2. The fraction of sp³-hybridized carbons (Fsp3) is 0.769. The first kappa shape index (κ1) is 18.7. The van der Waals surface area contributed by atoms with Crippen LogP contribution in [0.3, 0.4) is 0 Å². The summed E-state index contributed by atoms with van der Waals surface area (Å²) in [6.45, 7) is -0.268. The van der Waals surface area contributed by atoms with E-state index in [-0.39, 0.29) is 5.91 Å². The second-order valence-electron chi connectivity index (χ2n) is 5.16. The van der Waals surface area contributed by atoms with Crippen molar-refractivity contribution in [2.45, 2.75) is 37.4 Å². The molecular formula is C13H23N3O5S. The van der Waals surface area contributed by atoms with Crippen LogP contribution < -0.4 is 11.1 Å². The predicted octanol–water partition coefficient (Wildman–Crippen LogP) is -1.38. The molecule has 1 fully saturated rings. The largest absolute Gasteiger partial charge is 0.480 e. The summed E-state index contributed by atoms with van der Waals surface area (Å²) in [7, 11) is 0. The predicted molar refractivity (Wildman–Crippen MR) is 82.4 cm³/mol. The first-order chi connectivity index (χ1) is 10.4. The van der Waals surface area contributed by atoms with Crippen LogP contribution in [-0.2, 0) is 14.4 Å². The van der Waals surface area contributed by atoms with Crippen LogP contribution in [0.4, 0.5) is 0 Å². The number of carboxylic acid groups (broad SMARTS) is 1. The molecule has 0 aliphatic carbocycles. The Balaban J connectivity index is 2.67. The van der Waals surface area contributed by atoms with Crippen LogP contribution in [0.15, 0.2) is 0 Å². The van der Waals surface area contributed by atoms with Gasteiger partial charge in [-0.3, -0.25) is 9.59 Å². The molecule has 0 aromatic heterocycles. The summed E-state index contributed by atoms with van der Waals surface area (Å²) in [6.07, 6.45) is 3.57. The number of aliphatic carboxylic acids is 1. The summed E-state index contributed by atoms with van der Waals surface area (Å²) >= 11 is 1.59. The molecule has 0 aromatic rings. The maximum Gasteiger partial charge on any atom is 0.328 e. The van der Waals surface area contributed by atoms with Crippen LogP contribution in [-0.4, -0.2) is 76.2 Å². The van der Waals surface area contributed by atoms with E-state index in [1.54, 1.807) is 11.8 Å². The smallest absolute Gasteiger partial charge is 0.328 e. The fourth-order valence-corrected chi connectivity index (χ4v) is 2.83. The van der Waals surface area contributed by atoms with Crippen LogP contribution >= 0.6 is 11.8 Å². The number of nitrogens with two attached hydrogens (primary N) is 1. The Morgan fingerprint density at radius 2 is 2.14 bits per heavy atom. The van der Waals surface area contributed by atoms with E-state index < -0.39 is 36.6 Å². The number of carbonyl (C=O) groups excluding carboxylic acids is 2. The number of likely N-dealkylation sites (tertiary alicyclic amines) is 1. The lowest BCUT2D eigenvalue weighted by atomic mass is 10.1. The van der Waals surface area contributed by atoms with Gasteiger partial charge in [-0.2, -0.15) is 11.8 Å². The van der Waals surface area contributed by atoms with Crippen molar-refractivity contribution >= 4 is 29.5 Å². The van der Waals surface area contributed by atoms with Gasteiger partial charge < -0.3 is 26.2 Å². The molecule has 0 radical (unpaired) electrons. The Kier molecular flexibility index (Phi) is 7.63. The lowest BCUT2D eigenvalue weighted by Gasteiger charge is -2.27. The van der Waals surface area contributed by atoms with Gasteiger partial charge in [0.05, 0.1) is 12.6 Å². The van der Waals surface area contributed by atoms with Gasteiger partial charge in [0.1, 0.15) is 12.1 Å². The average molecular weight is 333 g/mol. The number of thioether (sulfide) groups is 1. The Bertz CT molecular complexity index is 420. The molecule has 1 rings (SSSR count). The fourth-order valence-electron chi connectivity index (χ4n) is 2.34. The van der Waals surface area contributed by atoms with Crippen LogP contribution in [0.25, 0.3) is 0 Å². The number of aliphatic hydroxyl groups excluding tert-OH is 1. The lowest BCUT2D eigenvalue weighted by Crippen LogP contribution is -2.54. The minimum atomic E-state index is -1.37. The minimum Gasteiger partial charge on any atom is -0.480 e. The zero-order chi connectivity index (χ0) is 16.7. The molecule has 0 saturated carbocycles. The van der Waals surface area contributed by atoms with E-state index in [0.29, 0.717) is 25.8 Å². The van der Waals surface area contributed by atoms with Gasteiger partial charge in [-0.25, -0.2) is 4.79 Å². The highest BCUT2D eigenvalue weighted by Crippen LogP contribution is 2.19. The van der Waals surface area contributed by atoms with Gasteiger partial charge in [0.2, 0.25) is 11.8 Å². The third-order valence-electron chi connectivity index (χ3n) is 3.59. The summed E-state index contributed by atoms with van der Waals surface area (Å²) in [5.41, 5.74) is 5.85. The molecule has 1 aliphatic rings. The Labute approximate surface area is 133 Å². The second kappa shape index (κ2) is 8.96. The number of amides is 2. The van der Waals surface area contributed by atoms with E-state index in [2.05, 4.69) is 5.32 Å². The molecule has 3 unspecified atom stereocenters. The number of carbonyl (C=O) groups is 3. The highest BCUT2D eigenvalue weighted by molar-refractivity contribution is 7.98. The Morgan fingerprint density at radius 1 is 1.45 bits per heavy atom. The summed E-state index contributed by atoms with van der Waals surface area (Å²) in [4.78, 5) is 36.7. The van der Waals surface area contributed by atoms with Crippen molar-refractivity contribution in [1.82, 2.24) is 10.2 Å². The standard InChI is InChI=1S/C13H23N3O5S/c1-22-6-4-8(14)12(19)16-5-2-3-10(16)11(18)15-9(7-17)13(20)21/h8-10,17H,2-7,14H2,1H3,(H,15,18)(H,20,21). The third-order valence-corrected chi connectivity index (χ3v) is 4.23. The quantitative estimate of drug-likeness (QED) is 0.430. The van der Waals surface area contributed by atoms with Gasteiger partial charge >= 0.3 is 5.97 Å². The normalized spacial score (nSPS) is 20.5. The number of carboxylic acids is 1. The number of hydrogen-bond donors (Lipinski definition) is 4. The lowest BCUT2D eigenvalue weighted by molar-refractivity contribution is -0.145. The van der Waals surface area contributed by atoms with Crippen LogP contribution in [0.2, 0.25) is 0 Å². The molecule has 8 nitrogen and oxygen atoms in total. The SMILES string of the molecule is CSCCC(N)C(=O)N1CCCC1C(=O)NC(CO)C(=O)O. The molecule has 1 saturated heterocycles. The van der Waals surface area contributed by atoms with E-state index in [1.165, 1.54) is 4.90 Å². The van der Waals surface area contributed by atoms with Crippen LogP contribution in [0.5, 0.6) is 0 Å². The first-order valence-corrected chi connectivity index (χ1v) is 8.50. The minimum absolute atomic E-state index is 0.289. The monoisotopic (exact) mass is 333 g/mol. The number of nitrogens with one attached hydrogen (secondary N) is 1. The zero-order valence-corrected chi connectivity index (χ0v) is 13.3. The Hall–Kier alpha value is -1.32. The zero-order valence-electron chi connectivity index (χ0n) is 12.5.